The van der Waals surface area contributed by atoms with E-state index < -0.39 is 0 Å². The van der Waals surface area contributed by atoms with Crippen molar-refractivity contribution in [3.8, 4) is 11.1 Å². The van der Waals surface area contributed by atoms with Crippen molar-refractivity contribution in [2.24, 2.45) is 0 Å². The number of hydrogen-bond acceptors (Lipinski definition) is 3. The second-order valence-electron chi connectivity index (χ2n) is 8.24. The molecule has 0 saturated carbocycles. The molecule has 6 heteroatoms. The topological polar surface area (TPSA) is 43.9 Å². The van der Waals surface area contributed by atoms with Crippen molar-refractivity contribution in [2.45, 2.75) is 19.3 Å². The van der Waals surface area contributed by atoms with Crippen LogP contribution >= 0.6 is 12.4 Å². The first kappa shape index (κ1) is 22.3. The number of amides is 2. The molecule has 160 valence electrons. The average molecular weight is 428 g/mol. The molecule has 1 saturated heterocycles. The molecule has 5 nitrogen and oxygen atoms in total. The van der Waals surface area contributed by atoms with E-state index in [2.05, 4.69) is 11.0 Å². The molecule has 4 rings (SSSR count). The predicted molar refractivity (Wildman–Crippen MR) is 122 cm³/mol. The summed E-state index contributed by atoms with van der Waals surface area (Å²) in [4.78, 5) is 31.0. The number of fused-ring (bicyclic) bond motifs is 1. The Morgan fingerprint density at radius 3 is 2.27 bits per heavy atom. The van der Waals surface area contributed by atoms with E-state index in [1.54, 1.807) is 19.0 Å². The minimum atomic E-state index is 0. The van der Waals surface area contributed by atoms with Gasteiger partial charge in [0.15, 0.2) is 0 Å². The van der Waals surface area contributed by atoms with Gasteiger partial charge in [-0.3, -0.25) is 9.59 Å². The smallest absolute Gasteiger partial charge is 0.254 e. The number of hydrogen-bond donors (Lipinski definition) is 0. The van der Waals surface area contributed by atoms with Gasteiger partial charge in [0.25, 0.3) is 11.8 Å². The molecule has 0 spiro atoms. The number of rotatable bonds is 5. The summed E-state index contributed by atoms with van der Waals surface area (Å²) >= 11 is 0. The number of benzene rings is 2. The minimum Gasteiger partial charge on any atom is -0.345 e. The van der Waals surface area contributed by atoms with Crippen molar-refractivity contribution in [1.29, 1.82) is 0 Å². The number of carbonyl (C=O) groups is 2. The lowest BCUT2D eigenvalue weighted by Gasteiger charge is -2.30. The van der Waals surface area contributed by atoms with Gasteiger partial charge >= 0.3 is 0 Å². The number of carbonyl (C=O) groups excluding carboxylic acids is 2. The molecule has 1 fully saturated rings. The van der Waals surface area contributed by atoms with Gasteiger partial charge in [-0.1, -0.05) is 24.3 Å². The van der Waals surface area contributed by atoms with E-state index in [1.807, 2.05) is 41.3 Å². The van der Waals surface area contributed by atoms with E-state index in [4.69, 9.17) is 0 Å². The molecule has 0 atom stereocenters. The van der Waals surface area contributed by atoms with Crippen molar-refractivity contribution in [3.63, 3.8) is 0 Å². The standard InChI is InChI=1S/C24H29N3O2.ClH/c1-25(2)23(28)19-7-5-18(6-8-19)20-9-10-22-21(17-20)11-14-27(24(22)29)16-15-26-12-3-4-13-26;/h5-10,17H,3-4,11-16H2,1-2H3;1H. The van der Waals surface area contributed by atoms with Gasteiger partial charge in [-0.2, -0.15) is 0 Å². The second-order valence-corrected chi connectivity index (χ2v) is 8.24. The third-order valence-corrected chi connectivity index (χ3v) is 6.03. The van der Waals surface area contributed by atoms with E-state index in [0.717, 1.165) is 48.3 Å². The molecular formula is C24H30ClN3O2. The van der Waals surface area contributed by atoms with Crippen molar-refractivity contribution >= 4 is 24.2 Å². The van der Waals surface area contributed by atoms with Crippen LogP contribution in [-0.2, 0) is 6.42 Å². The molecule has 0 aromatic heterocycles. The van der Waals surface area contributed by atoms with E-state index in [9.17, 15) is 9.59 Å². The molecule has 0 unspecified atom stereocenters. The summed E-state index contributed by atoms with van der Waals surface area (Å²) in [6.45, 7) is 4.93. The molecule has 30 heavy (non-hydrogen) atoms. The highest BCUT2D eigenvalue weighted by Gasteiger charge is 2.25. The first-order valence-corrected chi connectivity index (χ1v) is 10.5. The summed E-state index contributed by atoms with van der Waals surface area (Å²) in [6, 6.07) is 13.8. The first-order chi connectivity index (χ1) is 14.0. The molecule has 0 N–H and O–H groups in total. The van der Waals surface area contributed by atoms with E-state index >= 15 is 0 Å². The fraction of sp³-hybridized carbons (Fsp3) is 0.417. The Kier molecular flexibility index (Phi) is 7.16. The maximum absolute atomic E-state index is 12.9. The molecule has 2 aliphatic rings. The van der Waals surface area contributed by atoms with Crippen LogP contribution in [0.2, 0.25) is 0 Å². The largest absolute Gasteiger partial charge is 0.345 e. The first-order valence-electron chi connectivity index (χ1n) is 10.5. The zero-order valence-electron chi connectivity index (χ0n) is 17.8. The lowest BCUT2D eigenvalue weighted by atomic mass is 9.93. The minimum absolute atomic E-state index is 0. The van der Waals surface area contributed by atoms with Gasteiger partial charge in [0.05, 0.1) is 0 Å². The van der Waals surface area contributed by atoms with Crippen LogP contribution in [-0.4, -0.2) is 73.3 Å². The zero-order valence-corrected chi connectivity index (χ0v) is 18.6. The Labute approximate surface area is 185 Å². The fourth-order valence-electron chi connectivity index (χ4n) is 4.26. The van der Waals surface area contributed by atoms with Gasteiger partial charge < -0.3 is 14.7 Å². The molecule has 2 aromatic rings. The van der Waals surface area contributed by atoms with Crippen LogP contribution in [0.25, 0.3) is 11.1 Å². The summed E-state index contributed by atoms with van der Waals surface area (Å²) in [5.41, 5.74) is 4.79. The van der Waals surface area contributed by atoms with Crippen LogP contribution in [0.1, 0.15) is 39.1 Å². The van der Waals surface area contributed by atoms with Crippen LogP contribution in [0.15, 0.2) is 42.5 Å². The Morgan fingerprint density at radius 2 is 1.60 bits per heavy atom. The predicted octanol–water partition coefficient (Wildman–Crippen LogP) is 3.57. The van der Waals surface area contributed by atoms with Gasteiger partial charge in [-0.05, 0) is 67.2 Å². The number of halogens is 1. The summed E-state index contributed by atoms with van der Waals surface area (Å²) in [7, 11) is 3.51. The SMILES string of the molecule is CN(C)C(=O)c1ccc(-c2ccc3c(c2)CCN(CCN2CCCC2)C3=O)cc1.Cl. The highest BCUT2D eigenvalue weighted by atomic mass is 35.5. The molecule has 2 heterocycles. The van der Waals surface area contributed by atoms with E-state index in [0.29, 0.717) is 5.56 Å². The third-order valence-electron chi connectivity index (χ3n) is 6.03. The molecule has 2 amide bonds. The highest BCUT2D eigenvalue weighted by molar-refractivity contribution is 5.97. The number of likely N-dealkylation sites (tertiary alicyclic amines) is 1. The second kappa shape index (κ2) is 9.63. The Bertz CT molecular complexity index is 905. The maximum atomic E-state index is 12.9. The van der Waals surface area contributed by atoms with Gasteiger partial charge in [0, 0.05) is 44.9 Å². The van der Waals surface area contributed by atoms with Crippen LogP contribution in [0.5, 0.6) is 0 Å². The molecule has 2 aliphatic heterocycles. The van der Waals surface area contributed by atoms with Crippen molar-refractivity contribution in [2.75, 3.05) is 46.8 Å². The average Bonchev–Trinajstić information content (AvgIpc) is 3.26. The van der Waals surface area contributed by atoms with Crippen molar-refractivity contribution in [1.82, 2.24) is 14.7 Å². The molecule has 0 aliphatic carbocycles. The van der Waals surface area contributed by atoms with Gasteiger partial charge in [-0.25, -0.2) is 0 Å². The van der Waals surface area contributed by atoms with E-state index in [-0.39, 0.29) is 24.2 Å². The van der Waals surface area contributed by atoms with Crippen LogP contribution < -0.4 is 0 Å². The Hall–Kier alpha value is -2.37. The maximum Gasteiger partial charge on any atom is 0.254 e. The summed E-state index contributed by atoms with van der Waals surface area (Å²) < 4.78 is 0. The molecule has 0 radical (unpaired) electrons. The highest BCUT2D eigenvalue weighted by Crippen LogP contribution is 2.27. The lowest BCUT2D eigenvalue weighted by Crippen LogP contribution is -2.42. The van der Waals surface area contributed by atoms with Crippen molar-refractivity contribution in [3.05, 3.63) is 59.2 Å². The van der Waals surface area contributed by atoms with Gasteiger partial charge in [-0.15, -0.1) is 12.4 Å². The van der Waals surface area contributed by atoms with Crippen LogP contribution in [0.4, 0.5) is 0 Å². The van der Waals surface area contributed by atoms with Crippen LogP contribution in [0.3, 0.4) is 0 Å². The normalized spacial score (nSPS) is 16.2. The Morgan fingerprint density at radius 1 is 0.933 bits per heavy atom. The molecule has 2 aromatic carbocycles. The lowest BCUT2D eigenvalue weighted by molar-refractivity contribution is 0.0723. The van der Waals surface area contributed by atoms with Crippen LogP contribution in [0, 0.1) is 0 Å². The molecular weight excluding hydrogens is 398 g/mol. The number of nitrogens with zero attached hydrogens (tertiary/aromatic N) is 3. The third kappa shape index (κ3) is 4.68. The fourth-order valence-corrected chi connectivity index (χ4v) is 4.26. The van der Waals surface area contributed by atoms with E-state index in [1.165, 1.54) is 25.9 Å². The van der Waals surface area contributed by atoms with Gasteiger partial charge in [0.2, 0.25) is 0 Å². The summed E-state index contributed by atoms with van der Waals surface area (Å²) in [5, 5.41) is 0. The monoisotopic (exact) mass is 427 g/mol. The molecule has 0 bridgehead atoms. The quantitative estimate of drug-likeness (QED) is 0.732. The van der Waals surface area contributed by atoms with Gasteiger partial charge in [0.1, 0.15) is 0 Å². The summed E-state index contributed by atoms with van der Waals surface area (Å²) in [5.74, 6) is 0.158. The van der Waals surface area contributed by atoms with Crippen molar-refractivity contribution < 1.29 is 9.59 Å². The zero-order chi connectivity index (χ0) is 20.4. The Balaban J connectivity index is 0.00000256. The summed E-state index contributed by atoms with van der Waals surface area (Å²) in [6.07, 6.45) is 3.46.